The summed E-state index contributed by atoms with van der Waals surface area (Å²) in [6, 6.07) is 9.97. The van der Waals surface area contributed by atoms with Crippen LogP contribution in [-0.4, -0.2) is 42.7 Å². The Morgan fingerprint density at radius 3 is 2.95 bits per heavy atom. The summed E-state index contributed by atoms with van der Waals surface area (Å²) in [5.74, 6) is 1.11. The van der Waals surface area contributed by atoms with Gasteiger partial charge in [0.15, 0.2) is 0 Å². The molecule has 0 aliphatic carbocycles. The molecule has 3 nitrogen and oxygen atoms in total. The van der Waals surface area contributed by atoms with E-state index in [2.05, 4.69) is 34.5 Å². The lowest BCUT2D eigenvalue weighted by atomic mass is 9.94. The van der Waals surface area contributed by atoms with E-state index >= 15 is 0 Å². The van der Waals surface area contributed by atoms with Crippen LogP contribution in [-0.2, 0) is 6.42 Å². The van der Waals surface area contributed by atoms with Crippen LogP contribution in [0.1, 0.15) is 37.7 Å². The quantitative estimate of drug-likeness (QED) is 0.924. The van der Waals surface area contributed by atoms with Crippen LogP contribution in [0, 0.1) is 0 Å². The molecule has 0 aromatic heterocycles. The van der Waals surface area contributed by atoms with Gasteiger partial charge >= 0.3 is 0 Å². The zero-order valence-electron chi connectivity index (χ0n) is 12.8. The number of nitrogens with one attached hydrogen (secondary N) is 1. The molecular formula is C18H26N2O. The van der Waals surface area contributed by atoms with Crippen LogP contribution in [0.25, 0.3) is 0 Å². The van der Waals surface area contributed by atoms with E-state index in [9.17, 15) is 0 Å². The second-order valence-electron chi connectivity index (χ2n) is 6.81. The Morgan fingerprint density at radius 1 is 1.14 bits per heavy atom. The van der Waals surface area contributed by atoms with E-state index in [0.29, 0.717) is 12.1 Å². The zero-order valence-corrected chi connectivity index (χ0v) is 12.8. The van der Waals surface area contributed by atoms with Gasteiger partial charge in [-0.2, -0.15) is 0 Å². The number of hydrogen-bond acceptors (Lipinski definition) is 3. The molecular weight excluding hydrogens is 260 g/mol. The molecule has 114 valence electrons. The van der Waals surface area contributed by atoms with Crippen LogP contribution >= 0.6 is 0 Å². The smallest absolute Gasteiger partial charge is 0.123 e. The Bertz CT molecular complexity index is 459. The molecule has 2 fully saturated rings. The minimum atomic E-state index is 0.351. The molecule has 0 bridgehead atoms. The van der Waals surface area contributed by atoms with Crippen LogP contribution < -0.4 is 10.1 Å². The van der Waals surface area contributed by atoms with Gasteiger partial charge in [-0.15, -0.1) is 0 Å². The number of piperidine rings is 1. The molecule has 21 heavy (non-hydrogen) atoms. The Hall–Kier alpha value is -1.06. The van der Waals surface area contributed by atoms with Crippen molar-refractivity contribution < 1.29 is 4.74 Å². The van der Waals surface area contributed by atoms with Crippen molar-refractivity contribution >= 4 is 0 Å². The predicted molar refractivity (Wildman–Crippen MR) is 84.8 cm³/mol. The first-order chi connectivity index (χ1) is 10.4. The fraction of sp³-hybridized carbons (Fsp3) is 0.667. The van der Waals surface area contributed by atoms with Crippen LogP contribution in [0.5, 0.6) is 5.75 Å². The van der Waals surface area contributed by atoms with Gasteiger partial charge in [-0.25, -0.2) is 0 Å². The van der Waals surface area contributed by atoms with Crippen LogP contribution in [0.3, 0.4) is 0 Å². The van der Waals surface area contributed by atoms with Crippen molar-refractivity contribution in [2.75, 3.05) is 19.6 Å². The first kappa shape index (κ1) is 13.6. The third kappa shape index (κ3) is 2.82. The number of para-hydroxylation sites is 1. The molecule has 0 saturated carbocycles. The maximum Gasteiger partial charge on any atom is 0.123 e. The van der Waals surface area contributed by atoms with E-state index in [1.807, 2.05) is 0 Å². The molecule has 1 aromatic carbocycles. The third-order valence-electron chi connectivity index (χ3n) is 5.38. The minimum Gasteiger partial charge on any atom is -0.488 e. The molecule has 0 amide bonds. The van der Waals surface area contributed by atoms with Crippen molar-refractivity contribution in [2.45, 2.75) is 56.7 Å². The van der Waals surface area contributed by atoms with Gasteiger partial charge in [0.05, 0.1) is 0 Å². The molecule has 1 aromatic rings. The maximum absolute atomic E-state index is 6.16. The van der Waals surface area contributed by atoms with E-state index in [1.165, 1.54) is 50.8 Å². The van der Waals surface area contributed by atoms with Crippen LogP contribution in [0.4, 0.5) is 0 Å². The van der Waals surface area contributed by atoms with Crippen molar-refractivity contribution in [1.29, 1.82) is 0 Å². The van der Waals surface area contributed by atoms with Gasteiger partial charge < -0.3 is 10.1 Å². The highest BCUT2D eigenvalue weighted by molar-refractivity contribution is 5.37. The lowest BCUT2D eigenvalue weighted by molar-refractivity contribution is 0.0738. The summed E-state index contributed by atoms with van der Waals surface area (Å²) >= 11 is 0. The van der Waals surface area contributed by atoms with Crippen molar-refractivity contribution in [3.05, 3.63) is 29.8 Å². The average molecular weight is 286 g/mol. The molecule has 3 heterocycles. The monoisotopic (exact) mass is 286 g/mol. The van der Waals surface area contributed by atoms with Gasteiger partial charge in [-0.1, -0.05) is 24.6 Å². The number of fused-ring (bicyclic) bond motifs is 1. The molecule has 3 unspecified atom stereocenters. The van der Waals surface area contributed by atoms with Crippen molar-refractivity contribution in [3.8, 4) is 5.75 Å². The lowest BCUT2D eigenvalue weighted by Gasteiger charge is -2.40. The fourth-order valence-corrected chi connectivity index (χ4v) is 4.36. The molecule has 3 heteroatoms. The molecule has 2 saturated heterocycles. The van der Waals surface area contributed by atoms with E-state index in [4.69, 9.17) is 4.74 Å². The van der Waals surface area contributed by atoms with Crippen LogP contribution in [0.2, 0.25) is 0 Å². The number of likely N-dealkylation sites (tertiary alicyclic amines) is 1. The topological polar surface area (TPSA) is 24.5 Å². The highest BCUT2D eigenvalue weighted by Crippen LogP contribution is 2.30. The summed E-state index contributed by atoms with van der Waals surface area (Å²) in [5, 5.41) is 3.72. The minimum absolute atomic E-state index is 0.351. The number of hydrogen-bond donors (Lipinski definition) is 1. The standard InChI is InChI=1S/C18H26N2O/c1-2-9-18-14(6-1)12-15(21-18)13-20-11-4-3-8-17(20)16-7-5-10-19-16/h1-2,6,9,15-17,19H,3-5,7-8,10-13H2. The lowest BCUT2D eigenvalue weighted by Crippen LogP contribution is -2.52. The van der Waals surface area contributed by atoms with E-state index in [0.717, 1.165) is 24.8 Å². The van der Waals surface area contributed by atoms with Gasteiger partial charge in [0.25, 0.3) is 0 Å². The fourth-order valence-electron chi connectivity index (χ4n) is 4.36. The normalized spacial score (nSPS) is 32.9. The zero-order chi connectivity index (χ0) is 14.1. The van der Waals surface area contributed by atoms with Gasteiger partial charge in [-0.3, -0.25) is 4.90 Å². The second kappa shape index (κ2) is 5.98. The summed E-state index contributed by atoms with van der Waals surface area (Å²) in [6.07, 6.45) is 8.24. The van der Waals surface area contributed by atoms with Crippen molar-refractivity contribution in [1.82, 2.24) is 10.2 Å². The Labute approximate surface area is 127 Å². The maximum atomic E-state index is 6.16. The van der Waals surface area contributed by atoms with E-state index in [-0.39, 0.29) is 0 Å². The second-order valence-corrected chi connectivity index (χ2v) is 6.81. The van der Waals surface area contributed by atoms with Crippen molar-refractivity contribution in [2.24, 2.45) is 0 Å². The summed E-state index contributed by atoms with van der Waals surface area (Å²) in [4.78, 5) is 2.71. The van der Waals surface area contributed by atoms with Gasteiger partial charge in [-0.05, 0) is 50.4 Å². The molecule has 0 radical (unpaired) electrons. The van der Waals surface area contributed by atoms with E-state index < -0.39 is 0 Å². The molecule has 0 spiro atoms. The summed E-state index contributed by atoms with van der Waals surface area (Å²) in [7, 11) is 0. The SMILES string of the molecule is c1ccc2c(c1)CC(CN1CCCCC1C1CCCN1)O2. The average Bonchev–Trinajstić information content (AvgIpc) is 3.16. The number of nitrogens with zero attached hydrogens (tertiary/aromatic N) is 1. The van der Waals surface area contributed by atoms with Gasteiger partial charge in [0, 0.05) is 25.0 Å². The van der Waals surface area contributed by atoms with E-state index in [1.54, 1.807) is 0 Å². The van der Waals surface area contributed by atoms with Gasteiger partial charge in [0.1, 0.15) is 11.9 Å². The molecule has 4 rings (SSSR count). The Morgan fingerprint density at radius 2 is 2.10 bits per heavy atom. The summed E-state index contributed by atoms with van der Waals surface area (Å²) in [5.41, 5.74) is 1.38. The largest absolute Gasteiger partial charge is 0.488 e. The third-order valence-corrected chi connectivity index (χ3v) is 5.38. The molecule has 3 aliphatic heterocycles. The van der Waals surface area contributed by atoms with Gasteiger partial charge in [0.2, 0.25) is 0 Å². The predicted octanol–water partition coefficient (Wildman–Crippen LogP) is 2.60. The first-order valence-electron chi connectivity index (χ1n) is 8.62. The Kier molecular flexibility index (Phi) is 3.87. The number of benzene rings is 1. The summed E-state index contributed by atoms with van der Waals surface area (Å²) < 4.78 is 6.16. The Balaban J connectivity index is 1.41. The summed E-state index contributed by atoms with van der Waals surface area (Å²) in [6.45, 7) is 3.55. The highest BCUT2D eigenvalue weighted by Gasteiger charge is 2.34. The number of ether oxygens (including phenoxy) is 1. The molecule has 1 N–H and O–H groups in total. The highest BCUT2D eigenvalue weighted by atomic mass is 16.5. The number of rotatable bonds is 3. The van der Waals surface area contributed by atoms with Crippen LogP contribution in [0.15, 0.2) is 24.3 Å². The first-order valence-corrected chi connectivity index (χ1v) is 8.62. The van der Waals surface area contributed by atoms with Crippen molar-refractivity contribution in [3.63, 3.8) is 0 Å². The molecule has 3 atom stereocenters. The molecule has 3 aliphatic rings.